The third-order valence-corrected chi connectivity index (χ3v) is 5.34. The molecule has 0 aromatic rings. The Morgan fingerprint density at radius 1 is 1.38 bits per heavy atom. The van der Waals surface area contributed by atoms with Crippen molar-refractivity contribution >= 4 is 22.6 Å². The van der Waals surface area contributed by atoms with E-state index >= 15 is 0 Å². The van der Waals surface area contributed by atoms with Crippen molar-refractivity contribution in [3.05, 3.63) is 0 Å². The van der Waals surface area contributed by atoms with Gasteiger partial charge < -0.3 is 4.74 Å². The first kappa shape index (κ1) is 10.2. The Morgan fingerprint density at radius 3 is 2.46 bits per heavy atom. The molecule has 76 valence electrons. The Labute approximate surface area is 94.8 Å². The fraction of sp³-hybridized carbons (Fsp3) is 1.00. The second kappa shape index (κ2) is 3.37. The van der Waals surface area contributed by atoms with E-state index in [1.807, 2.05) is 0 Å². The van der Waals surface area contributed by atoms with Crippen LogP contribution in [-0.2, 0) is 4.74 Å². The molecule has 1 aliphatic heterocycles. The predicted molar refractivity (Wildman–Crippen MR) is 63.4 cm³/mol. The van der Waals surface area contributed by atoms with Gasteiger partial charge in [-0.1, -0.05) is 29.5 Å². The van der Waals surface area contributed by atoms with Crippen LogP contribution < -0.4 is 0 Å². The summed E-state index contributed by atoms with van der Waals surface area (Å²) in [5.41, 5.74) is 0.457. The first-order valence-corrected chi connectivity index (χ1v) is 6.93. The molecular formula is C11H19IO. The van der Waals surface area contributed by atoms with Gasteiger partial charge in [0, 0.05) is 4.43 Å². The lowest BCUT2D eigenvalue weighted by molar-refractivity contribution is -0.0961. The fourth-order valence-corrected chi connectivity index (χ4v) is 3.13. The molecule has 1 heterocycles. The van der Waals surface area contributed by atoms with Crippen molar-refractivity contribution in [1.82, 2.24) is 0 Å². The topological polar surface area (TPSA) is 9.23 Å². The highest BCUT2D eigenvalue weighted by Gasteiger charge is 2.52. The summed E-state index contributed by atoms with van der Waals surface area (Å²) in [5.74, 6) is 0.891. The fourth-order valence-electron chi connectivity index (χ4n) is 2.60. The Bertz CT molecular complexity index is 202. The number of halogens is 1. The van der Waals surface area contributed by atoms with Gasteiger partial charge >= 0.3 is 0 Å². The smallest absolute Gasteiger partial charge is 0.0752 e. The van der Waals surface area contributed by atoms with Gasteiger partial charge in [-0.25, -0.2) is 0 Å². The van der Waals surface area contributed by atoms with Crippen LogP contribution >= 0.6 is 22.6 Å². The highest BCUT2D eigenvalue weighted by Crippen LogP contribution is 2.53. The van der Waals surface area contributed by atoms with Gasteiger partial charge in [0.15, 0.2) is 0 Å². The summed E-state index contributed by atoms with van der Waals surface area (Å²) in [6.07, 6.45) is 6.59. The third kappa shape index (κ3) is 1.76. The van der Waals surface area contributed by atoms with Gasteiger partial charge in [0.2, 0.25) is 0 Å². The minimum atomic E-state index is 0.180. The number of hydrogen-bond acceptors (Lipinski definition) is 1. The van der Waals surface area contributed by atoms with Gasteiger partial charge in [0.25, 0.3) is 0 Å². The molecule has 2 heteroatoms. The Hall–Kier alpha value is 0.690. The molecule has 0 aromatic heterocycles. The largest absolute Gasteiger partial charge is 0.368 e. The van der Waals surface area contributed by atoms with E-state index in [0.29, 0.717) is 0 Å². The SMILES string of the molecule is CCC1(C2CC2)CCC(C)(CI)O1. The lowest BCUT2D eigenvalue weighted by Gasteiger charge is -2.32. The second-order valence-corrected chi connectivity index (χ2v) is 5.64. The van der Waals surface area contributed by atoms with Gasteiger partial charge in [0.1, 0.15) is 0 Å². The lowest BCUT2D eigenvalue weighted by atomic mass is 9.90. The molecule has 1 saturated carbocycles. The molecule has 0 spiro atoms. The maximum absolute atomic E-state index is 6.35. The molecule has 0 radical (unpaired) electrons. The zero-order chi connectivity index (χ0) is 9.53. The normalized spacial score (nSPS) is 45.5. The summed E-state index contributed by atoms with van der Waals surface area (Å²) >= 11 is 2.46. The molecule has 2 fully saturated rings. The van der Waals surface area contributed by atoms with E-state index in [1.54, 1.807) is 0 Å². The summed E-state index contributed by atoms with van der Waals surface area (Å²) in [5, 5.41) is 0. The van der Waals surface area contributed by atoms with Gasteiger partial charge in [0.05, 0.1) is 11.2 Å². The Kier molecular flexibility index (Phi) is 2.65. The summed E-state index contributed by atoms with van der Waals surface area (Å²) in [7, 11) is 0. The molecule has 2 rings (SSSR count). The standard InChI is InChI=1S/C11H19IO/c1-3-11(9-4-5-9)7-6-10(2,8-12)13-11/h9H,3-8H2,1-2H3. The van der Waals surface area contributed by atoms with Crippen molar-refractivity contribution in [3.8, 4) is 0 Å². The average Bonchev–Trinajstić information content (AvgIpc) is 2.93. The molecule has 1 aliphatic carbocycles. The minimum absolute atomic E-state index is 0.180. The maximum atomic E-state index is 6.35. The van der Waals surface area contributed by atoms with Crippen LogP contribution in [0.1, 0.15) is 46.0 Å². The van der Waals surface area contributed by atoms with Crippen molar-refractivity contribution in [1.29, 1.82) is 0 Å². The van der Waals surface area contributed by atoms with E-state index in [1.165, 1.54) is 32.1 Å². The zero-order valence-corrected chi connectivity index (χ0v) is 10.8. The molecule has 0 N–H and O–H groups in total. The highest BCUT2D eigenvalue weighted by atomic mass is 127. The molecule has 13 heavy (non-hydrogen) atoms. The number of ether oxygens (including phenoxy) is 1. The monoisotopic (exact) mass is 294 g/mol. The molecule has 0 amide bonds. The first-order valence-electron chi connectivity index (χ1n) is 5.40. The van der Waals surface area contributed by atoms with Crippen molar-refractivity contribution in [3.63, 3.8) is 0 Å². The van der Waals surface area contributed by atoms with Gasteiger partial charge in [-0.15, -0.1) is 0 Å². The van der Waals surface area contributed by atoms with Crippen LogP contribution in [-0.4, -0.2) is 15.6 Å². The molecule has 0 aromatic carbocycles. The van der Waals surface area contributed by atoms with E-state index in [2.05, 4.69) is 36.4 Å². The van der Waals surface area contributed by atoms with E-state index in [-0.39, 0.29) is 11.2 Å². The van der Waals surface area contributed by atoms with Crippen LogP contribution in [0, 0.1) is 5.92 Å². The summed E-state index contributed by atoms with van der Waals surface area (Å²) < 4.78 is 7.49. The Morgan fingerprint density at radius 2 is 2.08 bits per heavy atom. The van der Waals surface area contributed by atoms with E-state index in [9.17, 15) is 0 Å². The van der Waals surface area contributed by atoms with Crippen LogP contribution in [0.5, 0.6) is 0 Å². The predicted octanol–water partition coefficient (Wildman–Crippen LogP) is 3.55. The molecule has 2 unspecified atom stereocenters. The van der Waals surface area contributed by atoms with E-state index in [0.717, 1.165) is 10.3 Å². The van der Waals surface area contributed by atoms with Crippen LogP contribution in [0.3, 0.4) is 0 Å². The minimum Gasteiger partial charge on any atom is -0.368 e. The first-order chi connectivity index (χ1) is 6.14. The second-order valence-electron chi connectivity index (χ2n) is 4.88. The summed E-state index contributed by atoms with van der Waals surface area (Å²) in [4.78, 5) is 0. The molecule has 2 aliphatic rings. The molecule has 2 atom stereocenters. The quantitative estimate of drug-likeness (QED) is 0.571. The van der Waals surface area contributed by atoms with Crippen molar-refractivity contribution < 1.29 is 4.74 Å². The number of hydrogen-bond donors (Lipinski definition) is 0. The number of rotatable bonds is 3. The van der Waals surface area contributed by atoms with Crippen LogP contribution in [0.25, 0.3) is 0 Å². The molecule has 1 saturated heterocycles. The van der Waals surface area contributed by atoms with Crippen LogP contribution in [0.4, 0.5) is 0 Å². The molecule has 0 bridgehead atoms. The summed E-state index contributed by atoms with van der Waals surface area (Å²) in [6, 6.07) is 0. The number of alkyl halides is 1. The summed E-state index contributed by atoms with van der Waals surface area (Å²) in [6.45, 7) is 4.57. The average molecular weight is 294 g/mol. The van der Waals surface area contributed by atoms with Gasteiger partial charge in [-0.2, -0.15) is 0 Å². The van der Waals surface area contributed by atoms with E-state index in [4.69, 9.17) is 4.74 Å². The Balaban J connectivity index is 2.08. The van der Waals surface area contributed by atoms with Crippen LogP contribution in [0.15, 0.2) is 0 Å². The lowest BCUT2D eigenvalue weighted by Crippen LogP contribution is -2.36. The molecule has 1 nitrogen and oxygen atoms in total. The van der Waals surface area contributed by atoms with Crippen LogP contribution in [0.2, 0.25) is 0 Å². The van der Waals surface area contributed by atoms with Crippen molar-refractivity contribution in [2.24, 2.45) is 5.92 Å². The van der Waals surface area contributed by atoms with Crippen molar-refractivity contribution in [2.75, 3.05) is 4.43 Å². The highest BCUT2D eigenvalue weighted by molar-refractivity contribution is 14.1. The van der Waals surface area contributed by atoms with Gasteiger partial charge in [-0.3, -0.25) is 0 Å². The van der Waals surface area contributed by atoms with Gasteiger partial charge in [-0.05, 0) is 44.9 Å². The van der Waals surface area contributed by atoms with E-state index < -0.39 is 0 Å². The maximum Gasteiger partial charge on any atom is 0.0752 e. The zero-order valence-electron chi connectivity index (χ0n) is 8.61. The third-order valence-electron chi connectivity index (χ3n) is 3.73. The molecular weight excluding hydrogens is 275 g/mol. The van der Waals surface area contributed by atoms with Crippen molar-refractivity contribution in [2.45, 2.75) is 57.2 Å².